The number of halogens is 1. The van der Waals surface area contributed by atoms with Gasteiger partial charge in [-0.1, -0.05) is 0 Å². The molecule has 4 N–H and O–H groups in total. The van der Waals surface area contributed by atoms with E-state index in [1.54, 1.807) is 12.4 Å². The molecule has 2 aromatic rings. The van der Waals surface area contributed by atoms with Gasteiger partial charge in [-0.2, -0.15) is 0 Å². The summed E-state index contributed by atoms with van der Waals surface area (Å²) < 4.78 is 0.912. The molecule has 0 aromatic carbocycles. The fraction of sp³-hybridized carbons (Fsp3) is 0.429. The summed E-state index contributed by atoms with van der Waals surface area (Å²) in [6.45, 7) is 3.26. The molecule has 1 aliphatic heterocycles. The van der Waals surface area contributed by atoms with Crippen molar-refractivity contribution in [1.29, 1.82) is 0 Å². The Hall–Kier alpha value is -1.60. The van der Waals surface area contributed by atoms with E-state index in [4.69, 9.17) is 5.73 Å². The van der Waals surface area contributed by atoms with Crippen LogP contribution >= 0.6 is 15.9 Å². The fourth-order valence-electron chi connectivity index (χ4n) is 2.87. The van der Waals surface area contributed by atoms with E-state index in [-0.39, 0.29) is 11.9 Å². The first kappa shape index (κ1) is 14.3. The molecule has 3 heterocycles. The average molecular weight is 352 g/mol. The third-order valence-electron chi connectivity index (χ3n) is 3.71. The first-order valence-electron chi connectivity index (χ1n) is 7.00. The number of anilines is 2. The van der Waals surface area contributed by atoms with Crippen molar-refractivity contribution in [1.82, 2.24) is 9.97 Å². The molecule has 6 nitrogen and oxygen atoms in total. The minimum atomic E-state index is -0.0998. The number of nitrogens with one attached hydrogen (secondary N) is 2. The van der Waals surface area contributed by atoms with Crippen LogP contribution in [0.4, 0.5) is 11.4 Å². The maximum atomic E-state index is 11.4. The highest BCUT2D eigenvalue weighted by Gasteiger charge is 2.23. The standard InChI is InChI=1S/C14H18BrN5O/c1-8(21)19-11-6-18-14-12(11)13(10(15)5-17-14)20-4-2-3-9(16)7-20/h5-6,9H,2-4,7,16H2,1H3,(H,17,18)(H,19,21)/t9-/m1/s1. The number of H-pyrrole nitrogens is 1. The first-order chi connectivity index (χ1) is 10.1. The van der Waals surface area contributed by atoms with Crippen LogP contribution < -0.4 is 16.0 Å². The van der Waals surface area contributed by atoms with Crippen molar-refractivity contribution in [3.8, 4) is 0 Å². The Morgan fingerprint density at radius 2 is 2.43 bits per heavy atom. The normalized spacial score (nSPS) is 19.0. The van der Waals surface area contributed by atoms with Crippen LogP contribution in [0.15, 0.2) is 16.9 Å². The molecular formula is C14H18BrN5O. The van der Waals surface area contributed by atoms with E-state index in [2.05, 4.69) is 36.1 Å². The summed E-state index contributed by atoms with van der Waals surface area (Å²) >= 11 is 3.59. The SMILES string of the molecule is CC(=O)Nc1c[nH]c2ncc(Br)c(N3CCC[C@@H](N)C3)c12. The molecule has 0 spiro atoms. The number of aromatic amines is 1. The molecule has 21 heavy (non-hydrogen) atoms. The molecule has 1 fully saturated rings. The lowest BCUT2D eigenvalue weighted by Crippen LogP contribution is -2.43. The summed E-state index contributed by atoms with van der Waals surface area (Å²) in [6.07, 6.45) is 5.68. The van der Waals surface area contributed by atoms with E-state index in [0.29, 0.717) is 0 Å². The van der Waals surface area contributed by atoms with Gasteiger partial charge in [0, 0.05) is 38.4 Å². The van der Waals surface area contributed by atoms with Gasteiger partial charge in [0.25, 0.3) is 0 Å². The Morgan fingerprint density at radius 1 is 1.62 bits per heavy atom. The Kier molecular flexibility index (Phi) is 3.86. The molecule has 1 saturated heterocycles. The van der Waals surface area contributed by atoms with Crippen molar-refractivity contribution < 1.29 is 4.79 Å². The number of nitrogens with two attached hydrogens (primary N) is 1. The fourth-order valence-corrected chi connectivity index (χ4v) is 3.42. The van der Waals surface area contributed by atoms with Gasteiger partial charge in [-0.05, 0) is 28.8 Å². The second-order valence-electron chi connectivity index (χ2n) is 5.41. The Morgan fingerprint density at radius 3 is 3.14 bits per heavy atom. The summed E-state index contributed by atoms with van der Waals surface area (Å²) in [5, 5.41) is 3.78. The van der Waals surface area contributed by atoms with E-state index in [1.165, 1.54) is 6.92 Å². The topological polar surface area (TPSA) is 87.0 Å². The van der Waals surface area contributed by atoms with Gasteiger partial charge in [-0.3, -0.25) is 4.79 Å². The van der Waals surface area contributed by atoms with Crippen LogP contribution in [0.2, 0.25) is 0 Å². The van der Waals surface area contributed by atoms with Crippen LogP contribution in [-0.4, -0.2) is 35.0 Å². The van der Waals surface area contributed by atoms with Crippen molar-refractivity contribution in [2.45, 2.75) is 25.8 Å². The van der Waals surface area contributed by atoms with Crippen LogP contribution in [0.5, 0.6) is 0 Å². The second-order valence-corrected chi connectivity index (χ2v) is 6.26. The molecule has 1 aliphatic rings. The van der Waals surface area contributed by atoms with E-state index >= 15 is 0 Å². The highest BCUT2D eigenvalue weighted by Crippen LogP contribution is 2.38. The largest absolute Gasteiger partial charge is 0.368 e. The molecule has 1 amide bonds. The molecular weight excluding hydrogens is 334 g/mol. The first-order valence-corrected chi connectivity index (χ1v) is 7.79. The number of nitrogens with zero attached hydrogens (tertiary/aromatic N) is 2. The molecule has 0 unspecified atom stereocenters. The van der Waals surface area contributed by atoms with E-state index in [1.807, 2.05) is 0 Å². The highest BCUT2D eigenvalue weighted by atomic mass is 79.9. The molecule has 112 valence electrons. The lowest BCUT2D eigenvalue weighted by Gasteiger charge is -2.33. The van der Waals surface area contributed by atoms with Gasteiger partial charge >= 0.3 is 0 Å². The quantitative estimate of drug-likeness (QED) is 0.773. The minimum Gasteiger partial charge on any atom is -0.368 e. The lowest BCUT2D eigenvalue weighted by atomic mass is 10.1. The molecule has 0 radical (unpaired) electrons. The highest BCUT2D eigenvalue weighted by molar-refractivity contribution is 9.10. The summed E-state index contributed by atoms with van der Waals surface area (Å²) in [5.74, 6) is -0.0998. The van der Waals surface area contributed by atoms with Gasteiger partial charge in [0.05, 0.1) is 21.2 Å². The molecule has 0 saturated carbocycles. The smallest absolute Gasteiger partial charge is 0.221 e. The van der Waals surface area contributed by atoms with Gasteiger partial charge < -0.3 is 20.9 Å². The zero-order chi connectivity index (χ0) is 15.0. The van der Waals surface area contributed by atoms with Gasteiger partial charge in [0.15, 0.2) is 0 Å². The Labute approximate surface area is 131 Å². The maximum absolute atomic E-state index is 11.4. The van der Waals surface area contributed by atoms with Crippen molar-refractivity contribution in [2.75, 3.05) is 23.3 Å². The number of pyridine rings is 1. The zero-order valence-corrected chi connectivity index (χ0v) is 13.4. The maximum Gasteiger partial charge on any atom is 0.221 e. The summed E-state index contributed by atoms with van der Waals surface area (Å²) in [4.78, 5) is 21.1. The molecule has 0 bridgehead atoms. The number of hydrogen-bond acceptors (Lipinski definition) is 4. The van der Waals surface area contributed by atoms with Gasteiger partial charge in [0.2, 0.25) is 5.91 Å². The molecule has 0 aliphatic carbocycles. The third-order valence-corrected chi connectivity index (χ3v) is 4.29. The van der Waals surface area contributed by atoms with Gasteiger partial charge in [-0.15, -0.1) is 0 Å². The van der Waals surface area contributed by atoms with Crippen LogP contribution in [0.3, 0.4) is 0 Å². The van der Waals surface area contributed by atoms with E-state index < -0.39 is 0 Å². The molecule has 1 atom stereocenters. The predicted molar refractivity (Wildman–Crippen MR) is 87.5 cm³/mol. The number of carbonyl (C=O) groups is 1. The summed E-state index contributed by atoms with van der Waals surface area (Å²) in [6, 6.07) is 0.178. The van der Waals surface area contributed by atoms with E-state index in [0.717, 1.165) is 52.8 Å². The number of carbonyl (C=O) groups excluding carboxylic acids is 1. The molecule has 3 rings (SSSR count). The van der Waals surface area contributed by atoms with Gasteiger partial charge in [-0.25, -0.2) is 4.98 Å². The summed E-state index contributed by atoms with van der Waals surface area (Å²) in [7, 11) is 0. The number of fused-ring (bicyclic) bond motifs is 1. The molecule has 2 aromatic heterocycles. The van der Waals surface area contributed by atoms with Gasteiger partial charge in [0.1, 0.15) is 5.65 Å². The van der Waals surface area contributed by atoms with Crippen molar-refractivity contribution >= 4 is 44.2 Å². The van der Waals surface area contributed by atoms with E-state index in [9.17, 15) is 4.79 Å². The number of rotatable bonds is 2. The predicted octanol–water partition coefficient (Wildman–Crippen LogP) is 2.21. The third kappa shape index (κ3) is 2.75. The Balaban J connectivity index is 2.12. The van der Waals surface area contributed by atoms with Crippen molar-refractivity contribution in [2.24, 2.45) is 5.73 Å². The second kappa shape index (κ2) is 5.65. The van der Waals surface area contributed by atoms with Crippen LogP contribution in [0, 0.1) is 0 Å². The number of piperidine rings is 1. The number of amides is 1. The number of hydrogen-bond donors (Lipinski definition) is 3. The van der Waals surface area contributed by atoms with Crippen LogP contribution in [0.25, 0.3) is 11.0 Å². The molecule has 7 heteroatoms. The average Bonchev–Trinajstić information content (AvgIpc) is 2.81. The lowest BCUT2D eigenvalue weighted by molar-refractivity contribution is -0.114. The zero-order valence-electron chi connectivity index (χ0n) is 11.8. The van der Waals surface area contributed by atoms with Crippen molar-refractivity contribution in [3.05, 3.63) is 16.9 Å². The van der Waals surface area contributed by atoms with Crippen LogP contribution in [0.1, 0.15) is 19.8 Å². The number of aromatic nitrogens is 2. The van der Waals surface area contributed by atoms with Crippen molar-refractivity contribution in [3.63, 3.8) is 0 Å². The summed E-state index contributed by atoms with van der Waals surface area (Å²) in [5.41, 5.74) is 8.65. The monoisotopic (exact) mass is 351 g/mol. The Bertz CT molecular complexity index is 683. The minimum absolute atomic E-state index is 0.0998. The van der Waals surface area contributed by atoms with Crippen LogP contribution in [-0.2, 0) is 4.79 Å².